The van der Waals surface area contributed by atoms with Crippen LogP contribution in [0.5, 0.6) is 11.5 Å². The Morgan fingerprint density at radius 3 is 1.82 bits per heavy atom. The van der Waals surface area contributed by atoms with E-state index in [1.807, 2.05) is 26.4 Å². The lowest BCUT2D eigenvalue weighted by molar-refractivity contribution is 0.0621. The molecule has 2 aromatic carbocycles. The monoisotopic (exact) mass is 520 g/mol. The number of anilines is 2. The van der Waals surface area contributed by atoms with Crippen LogP contribution in [0, 0.1) is 29.1 Å². The van der Waals surface area contributed by atoms with Crippen molar-refractivity contribution in [3.8, 4) is 11.5 Å². The van der Waals surface area contributed by atoms with Crippen LogP contribution in [-0.2, 0) is 9.47 Å². The molecule has 1 spiro atoms. The predicted octanol–water partition coefficient (Wildman–Crippen LogP) is 5.58. The van der Waals surface area contributed by atoms with Gasteiger partial charge in [0.05, 0.1) is 12.2 Å². The van der Waals surface area contributed by atoms with Crippen LogP contribution < -0.4 is 9.80 Å². The van der Waals surface area contributed by atoms with Crippen molar-refractivity contribution in [2.45, 2.75) is 58.2 Å². The van der Waals surface area contributed by atoms with E-state index in [1.165, 1.54) is 0 Å². The molecular weight excluding hydrogens is 476 g/mol. The van der Waals surface area contributed by atoms with Crippen molar-refractivity contribution in [2.24, 2.45) is 29.1 Å². The van der Waals surface area contributed by atoms with E-state index in [1.54, 1.807) is 0 Å². The number of rotatable bonds is 10. The van der Waals surface area contributed by atoms with Crippen molar-refractivity contribution in [3.05, 3.63) is 47.5 Å². The van der Waals surface area contributed by atoms with E-state index in [4.69, 9.17) is 9.47 Å². The summed E-state index contributed by atoms with van der Waals surface area (Å²) in [6.45, 7) is 12.3. The van der Waals surface area contributed by atoms with Gasteiger partial charge in [0, 0.05) is 69.3 Å². The van der Waals surface area contributed by atoms with Crippen LogP contribution in [0.3, 0.4) is 0 Å². The van der Waals surface area contributed by atoms with Crippen molar-refractivity contribution in [1.82, 2.24) is 0 Å². The number of benzene rings is 2. The number of nitrogens with zero attached hydrogens (tertiary/aromatic N) is 2. The first-order valence-electron chi connectivity index (χ1n) is 14.6. The van der Waals surface area contributed by atoms with Gasteiger partial charge in [-0.2, -0.15) is 0 Å². The van der Waals surface area contributed by atoms with Gasteiger partial charge in [-0.1, -0.05) is 12.1 Å². The number of hydrogen-bond donors (Lipinski definition) is 2. The van der Waals surface area contributed by atoms with Crippen LogP contribution in [-0.4, -0.2) is 62.8 Å². The molecule has 0 amide bonds. The summed E-state index contributed by atoms with van der Waals surface area (Å²) in [5, 5.41) is 22.4. The van der Waals surface area contributed by atoms with Crippen LogP contribution in [0.4, 0.5) is 11.4 Å². The number of phenolic OH excluding ortho intramolecular Hbond substituents is 2. The number of fused-ring (bicyclic) bond motifs is 2. The minimum atomic E-state index is 0.0741. The lowest BCUT2D eigenvalue weighted by Gasteiger charge is -2.22. The van der Waals surface area contributed by atoms with Crippen LogP contribution in [0.1, 0.15) is 57.1 Å². The smallest absolute Gasteiger partial charge is 0.121 e. The zero-order valence-electron chi connectivity index (χ0n) is 23.7. The minimum absolute atomic E-state index is 0.0741. The first kappa shape index (κ1) is 25.8. The number of methoxy groups -OCH3 is 2. The highest BCUT2D eigenvalue weighted by atomic mass is 16.5. The van der Waals surface area contributed by atoms with E-state index in [0.29, 0.717) is 41.1 Å². The van der Waals surface area contributed by atoms with Gasteiger partial charge in [-0.25, -0.2) is 0 Å². The van der Waals surface area contributed by atoms with E-state index in [0.717, 1.165) is 55.1 Å². The first-order valence-corrected chi connectivity index (χ1v) is 14.6. The van der Waals surface area contributed by atoms with Gasteiger partial charge >= 0.3 is 0 Å². The van der Waals surface area contributed by atoms with Gasteiger partial charge in [-0.15, -0.1) is 0 Å². The molecule has 0 heterocycles. The average molecular weight is 521 g/mol. The molecule has 6 nitrogen and oxygen atoms in total. The summed E-state index contributed by atoms with van der Waals surface area (Å²) >= 11 is 0. The van der Waals surface area contributed by atoms with Crippen molar-refractivity contribution < 1.29 is 19.7 Å². The van der Waals surface area contributed by atoms with E-state index in [9.17, 15) is 10.2 Å². The maximum absolute atomic E-state index is 11.2. The molecule has 9 atom stereocenters. The number of aromatic hydroxyl groups is 2. The predicted molar refractivity (Wildman–Crippen MR) is 151 cm³/mol. The van der Waals surface area contributed by atoms with Crippen LogP contribution in [0.15, 0.2) is 36.4 Å². The Bertz CT molecular complexity index is 1190. The van der Waals surface area contributed by atoms with Crippen molar-refractivity contribution in [1.29, 1.82) is 0 Å². The lowest BCUT2D eigenvalue weighted by Crippen LogP contribution is -2.21. The molecule has 0 aromatic heterocycles. The Balaban J connectivity index is 1.31. The zero-order valence-corrected chi connectivity index (χ0v) is 23.7. The quantitative estimate of drug-likeness (QED) is 0.426. The van der Waals surface area contributed by atoms with Gasteiger partial charge in [-0.05, 0) is 92.9 Å². The summed E-state index contributed by atoms with van der Waals surface area (Å²) in [7, 11) is 3.69. The van der Waals surface area contributed by atoms with E-state index in [2.05, 4.69) is 61.8 Å². The highest BCUT2D eigenvalue weighted by Crippen LogP contribution is 2.91. The molecule has 6 rings (SSSR count). The normalized spacial score (nSPS) is 35.9. The van der Waals surface area contributed by atoms with Crippen LogP contribution >= 0.6 is 0 Å². The maximum Gasteiger partial charge on any atom is 0.121 e. The Morgan fingerprint density at radius 1 is 0.789 bits per heavy atom. The van der Waals surface area contributed by atoms with E-state index < -0.39 is 0 Å². The van der Waals surface area contributed by atoms with Gasteiger partial charge in [0.1, 0.15) is 11.5 Å². The molecule has 5 unspecified atom stereocenters. The number of ether oxygens (including phenoxy) is 2. The molecule has 2 aromatic rings. The second-order valence-corrected chi connectivity index (χ2v) is 11.8. The second kappa shape index (κ2) is 9.34. The zero-order chi connectivity index (χ0) is 26.9. The van der Waals surface area contributed by atoms with Crippen LogP contribution in [0.2, 0.25) is 0 Å². The summed E-state index contributed by atoms with van der Waals surface area (Å²) in [6, 6.07) is 12.5. The summed E-state index contributed by atoms with van der Waals surface area (Å²) in [5.41, 5.74) is 4.34. The SMILES string of the molecule is CCN(CC)c1ccc(C2C3C[C@@H](OC)C4C([C@@H]4c4ccc(N(CC)CC)cc4O)[C@H]4C(OC)[C@@]324)c(O)c1. The molecule has 38 heavy (non-hydrogen) atoms. The Labute approximate surface area is 227 Å². The molecule has 206 valence electrons. The average Bonchev–Trinajstić information content (AvgIpc) is 3.85. The van der Waals surface area contributed by atoms with E-state index in [-0.39, 0.29) is 23.5 Å². The third-order valence-corrected chi connectivity index (χ3v) is 10.8. The molecule has 0 bridgehead atoms. The Hall–Kier alpha value is -2.44. The fraction of sp³-hybridized carbons (Fsp3) is 0.625. The Morgan fingerprint density at radius 2 is 1.34 bits per heavy atom. The number of phenols is 2. The van der Waals surface area contributed by atoms with Gasteiger partial charge in [0.15, 0.2) is 0 Å². The highest BCUT2D eigenvalue weighted by Gasteiger charge is 2.91. The Kier molecular flexibility index (Phi) is 6.34. The summed E-state index contributed by atoms with van der Waals surface area (Å²) < 4.78 is 12.3. The van der Waals surface area contributed by atoms with Gasteiger partial charge in [0.25, 0.3) is 0 Å². The fourth-order valence-electron chi connectivity index (χ4n) is 9.03. The fourth-order valence-corrected chi connectivity index (χ4v) is 9.03. The molecule has 2 N–H and O–H groups in total. The standard InChI is InChI=1S/C32H44N2O4/c1-7-33(8-2)18-11-13-20(23(35)15-18)26-27-25(37-5)17-22-29(32(22)30(28(26)27)31(32)38-6)21-14-12-19(16-24(21)36)34(9-3)10-4/h11-16,22,25-31,35-36H,7-10,17H2,1-6H3/t22?,25-,26-,27?,28?,29?,30+,31?,32+/m1/s1. The topological polar surface area (TPSA) is 65.4 Å². The van der Waals surface area contributed by atoms with E-state index >= 15 is 0 Å². The van der Waals surface area contributed by atoms with Crippen molar-refractivity contribution in [3.63, 3.8) is 0 Å². The summed E-state index contributed by atoms with van der Waals surface area (Å²) in [5.74, 6) is 3.11. The van der Waals surface area contributed by atoms with Gasteiger partial charge in [-0.3, -0.25) is 0 Å². The molecule has 4 aliphatic carbocycles. The lowest BCUT2D eigenvalue weighted by atomic mass is 9.99. The summed E-state index contributed by atoms with van der Waals surface area (Å²) in [6.07, 6.45) is 1.33. The molecule has 0 radical (unpaired) electrons. The molecule has 0 aliphatic heterocycles. The van der Waals surface area contributed by atoms with Crippen molar-refractivity contribution >= 4 is 11.4 Å². The van der Waals surface area contributed by atoms with Crippen LogP contribution in [0.25, 0.3) is 0 Å². The molecule has 0 saturated heterocycles. The molecule has 4 fully saturated rings. The minimum Gasteiger partial charge on any atom is -0.508 e. The third-order valence-electron chi connectivity index (χ3n) is 10.8. The molecular formula is C32H44N2O4. The molecule has 4 aliphatic rings. The maximum atomic E-state index is 11.2. The molecule has 4 saturated carbocycles. The van der Waals surface area contributed by atoms with Gasteiger partial charge < -0.3 is 29.5 Å². The largest absolute Gasteiger partial charge is 0.508 e. The first-order chi connectivity index (χ1) is 18.4. The number of hydrogen-bond acceptors (Lipinski definition) is 6. The van der Waals surface area contributed by atoms with Gasteiger partial charge in [0.2, 0.25) is 0 Å². The highest BCUT2D eigenvalue weighted by molar-refractivity contribution is 5.60. The third kappa shape index (κ3) is 3.45. The summed E-state index contributed by atoms with van der Waals surface area (Å²) in [4.78, 5) is 4.53. The molecule has 6 heteroatoms. The second-order valence-electron chi connectivity index (χ2n) is 11.8. The van der Waals surface area contributed by atoms with Crippen molar-refractivity contribution in [2.75, 3.05) is 50.2 Å².